The number of aliphatic carboxylic acids is 1. The fourth-order valence-electron chi connectivity index (χ4n) is 4.59. The van der Waals surface area contributed by atoms with Gasteiger partial charge in [-0.3, -0.25) is 19.2 Å². The van der Waals surface area contributed by atoms with Gasteiger partial charge in [0.2, 0.25) is 5.91 Å². The summed E-state index contributed by atoms with van der Waals surface area (Å²) < 4.78 is 5.51. The molecule has 236 valence electrons. The number of imide groups is 1. The molecule has 0 aliphatic rings. The van der Waals surface area contributed by atoms with Crippen LogP contribution >= 0.6 is 0 Å². The maximum Gasteiger partial charge on any atom is 0.418 e. The molecule has 0 heterocycles. The molecule has 3 amide bonds. The number of amides is 3. The molecule has 2 aromatic rings. The van der Waals surface area contributed by atoms with Gasteiger partial charge in [0.15, 0.2) is 11.3 Å². The van der Waals surface area contributed by atoms with Gasteiger partial charge in [-0.25, -0.2) is 9.69 Å². The number of ether oxygens (including phenoxy) is 1. The third-order valence-corrected chi connectivity index (χ3v) is 7.15. The standard InChI is InChI=1S/C32H41N5O7/c1-22(2)28(35)29(41)37(31(43)44-21-24-13-7-4-8-14-24)32(17-9-10-18-33,30(42)36-25(20-34)19-27(39)40)26(38)16-15-23-11-5-3-6-12-23/h3-8,11-14,22,25,28H,9-10,15-19,21,33,35H2,1-2H3,(H,36,42)(H,39,40)/t25?,28-,32+/m0/s1. The molecule has 1 unspecified atom stereocenters. The third kappa shape index (κ3) is 9.72. The first-order valence-electron chi connectivity index (χ1n) is 14.5. The molecule has 0 aliphatic carbocycles. The van der Waals surface area contributed by atoms with Crippen molar-refractivity contribution < 1.29 is 33.8 Å². The van der Waals surface area contributed by atoms with Gasteiger partial charge >= 0.3 is 12.1 Å². The van der Waals surface area contributed by atoms with Crippen molar-refractivity contribution in [3.8, 4) is 6.07 Å². The number of carboxylic acid groups (broad SMARTS) is 1. The molecular weight excluding hydrogens is 566 g/mol. The van der Waals surface area contributed by atoms with Crippen LogP contribution in [0.25, 0.3) is 0 Å². The van der Waals surface area contributed by atoms with Crippen molar-refractivity contribution in [2.75, 3.05) is 6.54 Å². The summed E-state index contributed by atoms with van der Waals surface area (Å²) in [6.07, 6.45) is -2.07. The Bertz CT molecular complexity index is 1310. The number of nitrogens with one attached hydrogen (secondary N) is 1. The summed E-state index contributed by atoms with van der Waals surface area (Å²) in [5, 5.41) is 21.2. The van der Waals surface area contributed by atoms with Crippen LogP contribution in [0.15, 0.2) is 60.7 Å². The Morgan fingerprint density at radius 2 is 1.59 bits per heavy atom. The Hall–Kier alpha value is -4.60. The zero-order valence-corrected chi connectivity index (χ0v) is 25.1. The zero-order valence-electron chi connectivity index (χ0n) is 25.1. The number of aryl methyl sites for hydroxylation is 1. The highest BCUT2D eigenvalue weighted by Gasteiger charge is 2.56. The van der Waals surface area contributed by atoms with Crippen molar-refractivity contribution in [2.45, 2.75) is 76.6 Å². The molecule has 0 aliphatic heterocycles. The van der Waals surface area contributed by atoms with Crippen LogP contribution in [0, 0.1) is 17.2 Å². The molecule has 2 aromatic carbocycles. The Balaban J connectivity index is 2.72. The van der Waals surface area contributed by atoms with Gasteiger partial charge < -0.3 is 26.6 Å². The highest BCUT2D eigenvalue weighted by atomic mass is 16.6. The number of Topliss-reactive ketones (excluding diaryl/α,β-unsaturated/α-hetero) is 1. The number of hydrogen-bond donors (Lipinski definition) is 4. The summed E-state index contributed by atoms with van der Waals surface area (Å²) in [7, 11) is 0. The van der Waals surface area contributed by atoms with E-state index in [-0.39, 0.29) is 38.8 Å². The van der Waals surface area contributed by atoms with Crippen molar-refractivity contribution in [3.63, 3.8) is 0 Å². The average Bonchev–Trinajstić information content (AvgIpc) is 3.01. The smallest absolute Gasteiger partial charge is 0.418 e. The molecule has 0 radical (unpaired) electrons. The van der Waals surface area contributed by atoms with Crippen LogP contribution in [0.3, 0.4) is 0 Å². The maximum atomic E-state index is 14.3. The van der Waals surface area contributed by atoms with Crippen LogP contribution in [-0.4, -0.2) is 63.8 Å². The molecule has 44 heavy (non-hydrogen) atoms. The second-order valence-electron chi connectivity index (χ2n) is 10.8. The minimum atomic E-state index is -2.52. The van der Waals surface area contributed by atoms with Crippen molar-refractivity contribution in [1.82, 2.24) is 10.2 Å². The number of nitrogens with zero attached hydrogens (tertiary/aromatic N) is 2. The first-order valence-corrected chi connectivity index (χ1v) is 14.5. The number of rotatable bonds is 17. The second-order valence-corrected chi connectivity index (χ2v) is 10.8. The molecule has 12 nitrogen and oxygen atoms in total. The summed E-state index contributed by atoms with van der Waals surface area (Å²) in [6.45, 7) is 3.19. The molecule has 0 aromatic heterocycles. The van der Waals surface area contributed by atoms with E-state index in [1.165, 1.54) is 0 Å². The Morgan fingerprint density at radius 3 is 2.11 bits per heavy atom. The molecule has 0 saturated heterocycles. The molecule has 3 atom stereocenters. The van der Waals surface area contributed by atoms with E-state index in [1.807, 2.05) is 0 Å². The fourth-order valence-corrected chi connectivity index (χ4v) is 4.59. The lowest BCUT2D eigenvalue weighted by Crippen LogP contribution is -2.70. The van der Waals surface area contributed by atoms with Gasteiger partial charge in [0.1, 0.15) is 12.6 Å². The molecule has 12 heteroatoms. The largest absolute Gasteiger partial charge is 0.481 e. The van der Waals surface area contributed by atoms with Gasteiger partial charge in [0.25, 0.3) is 5.91 Å². The monoisotopic (exact) mass is 607 g/mol. The van der Waals surface area contributed by atoms with Crippen molar-refractivity contribution in [1.29, 1.82) is 5.26 Å². The summed E-state index contributed by atoms with van der Waals surface area (Å²) in [4.78, 5) is 68.4. The van der Waals surface area contributed by atoms with Gasteiger partial charge in [-0.2, -0.15) is 5.26 Å². The number of nitriles is 1. The topological polar surface area (TPSA) is 206 Å². The number of carbonyl (C=O) groups excluding carboxylic acids is 4. The number of ketones is 1. The lowest BCUT2D eigenvalue weighted by molar-refractivity contribution is -0.155. The molecule has 0 bridgehead atoms. The number of carboxylic acids is 1. The molecular formula is C32H41N5O7. The van der Waals surface area contributed by atoms with E-state index >= 15 is 0 Å². The lowest BCUT2D eigenvalue weighted by atomic mass is 9.81. The molecule has 0 saturated carbocycles. The van der Waals surface area contributed by atoms with E-state index in [2.05, 4.69) is 5.32 Å². The van der Waals surface area contributed by atoms with Crippen LogP contribution < -0.4 is 16.8 Å². The summed E-state index contributed by atoms with van der Waals surface area (Å²) in [5.41, 5.74) is 10.8. The zero-order chi connectivity index (χ0) is 32.7. The van der Waals surface area contributed by atoms with E-state index in [0.717, 1.165) is 5.56 Å². The Kier molecular flexibility index (Phi) is 14.2. The fraction of sp³-hybridized carbons (Fsp3) is 0.438. The van der Waals surface area contributed by atoms with E-state index in [4.69, 9.17) is 16.2 Å². The maximum absolute atomic E-state index is 14.3. The first-order chi connectivity index (χ1) is 21.0. The van der Waals surface area contributed by atoms with E-state index in [1.54, 1.807) is 80.6 Å². The molecule has 2 rings (SSSR count). The number of nitrogens with two attached hydrogens (primary N) is 2. The number of carbonyl (C=O) groups is 5. The predicted octanol–water partition coefficient (Wildman–Crippen LogP) is 2.69. The highest BCUT2D eigenvalue weighted by molar-refractivity contribution is 6.17. The van der Waals surface area contributed by atoms with Gasteiger partial charge in [-0.1, -0.05) is 74.5 Å². The average molecular weight is 608 g/mol. The van der Waals surface area contributed by atoms with Crippen molar-refractivity contribution in [3.05, 3.63) is 71.8 Å². The van der Waals surface area contributed by atoms with Gasteiger partial charge in [0.05, 0.1) is 18.5 Å². The lowest BCUT2D eigenvalue weighted by Gasteiger charge is -2.41. The van der Waals surface area contributed by atoms with Crippen LogP contribution in [0.5, 0.6) is 0 Å². The molecule has 0 spiro atoms. The second kappa shape index (κ2) is 17.5. The third-order valence-electron chi connectivity index (χ3n) is 7.15. The Morgan fingerprint density at radius 1 is 1.00 bits per heavy atom. The summed E-state index contributed by atoms with van der Waals surface area (Å²) in [5.74, 6) is -4.89. The van der Waals surface area contributed by atoms with Crippen LogP contribution in [0.1, 0.15) is 57.1 Å². The van der Waals surface area contributed by atoms with E-state index < -0.39 is 59.6 Å². The Labute approximate surface area is 257 Å². The SMILES string of the molecule is CC(C)[C@H](N)C(=O)N(C(=O)OCc1ccccc1)[C@](CCCCN)(C(=O)CCc1ccccc1)C(=O)NC(C#N)CC(=O)O. The first kappa shape index (κ1) is 35.6. The summed E-state index contributed by atoms with van der Waals surface area (Å²) in [6, 6.07) is 16.4. The van der Waals surface area contributed by atoms with Gasteiger partial charge in [-0.05, 0) is 49.3 Å². The van der Waals surface area contributed by atoms with Crippen LogP contribution in [0.2, 0.25) is 0 Å². The van der Waals surface area contributed by atoms with E-state index in [0.29, 0.717) is 16.9 Å². The molecule has 0 fully saturated rings. The predicted molar refractivity (Wildman–Crippen MR) is 161 cm³/mol. The molecule has 6 N–H and O–H groups in total. The quantitative estimate of drug-likeness (QED) is 0.153. The summed E-state index contributed by atoms with van der Waals surface area (Å²) >= 11 is 0. The van der Waals surface area contributed by atoms with E-state index in [9.17, 15) is 34.3 Å². The van der Waals surface area contributed by atoms with Gasteiger partial charge in [-0.15, -0.1) is 0 Å². The minimum Gasteiger partial charge on any atom is -0.481 e. The highest BCUT2D eigenvalue weighted by Crippen LogP contribution is 2.30. The number of benzene rings is 2. The van der Waals surface area contributed by atoms with Crippen molar-refractivity contribution in [2.24, 2.45) is 17.4 Å². The normalized spacial score (nSPS) is 13.5. The number of unbranched alkanes of at least 4 members (excludes halogenated alkanes) is 1. The number of hydrogen-bond acceptors (Lipinski definition) is 9. The van der Waals surface area contributed by atoms with Crippen molar-refractivity contribution >= 4 is 29.7 Å². The minimum absolute atomic E-state index is 0.129. The van der Waals surface area contributed by atoms with Crippen LogP contribution in [0.4, 0.5) is 4.79 Å². The van der Waals surface area contributed by atoms with Crippen LogP contribution in [-0.2, 0) is 36.9 Å². The van der Waals surface area contributed by atoms with Gasteiger partial charge in [0, 0.05) is 6.42 Å².